The predicted molar refractivity (Wildman–Crippen MR) is 119 cm³/mol. The number of phenolic OH excluding ortho intramolecular Hbond substituents is 1. The number of aromatic nitrogens is 3. The van der Waals surface area contributed by atoms with E-state index >= 15 is 0 Å². The molecule has 0 fully saturated rings. The number of rotatable bonds is 6. The first kappa shape index (κ1) is 19.6. The van der Waals surface area contributed by atoms with Crippen LogP contribution in [0, 0.1) is 6.92 Å². The van der Waals surface area contributed by atoms with Gasteiger partial charge in [-0.25, -0.2) is 4.98 Å². The van der Waals surface area contributed by atoms with E-state index in [0.717, 1.165) is 40.7 Å². The molecule has 0 unspecified atom stereocenters. The van der Waals surface area contributed by atoms with Crippen LogP contribution in [0.1, 0.15) is 24.5 Å². The van der Waals surface area contributed by atoms with Crippen molar-refractivity contribution < 1.29 is 9.84 Å². The fourth-order valence-electron chi connectivity index (χ4n) is 3.47. The molecule has 0 saturated carbocycles. The van der Waals surface area contributed by atoms with Crippen molar-refractivity contribution in [1.82, 2.24) is 15.2 Å². The molecule has 1 heterocycles. The number of methoxy groups -OCH3 is 1. The number of anilines is 2. The van der Waals surface area contributed by atoms with Crippen LogP contribution in [0.15, 0.2) is 54.6 Å². The first-order valence-electron chi connectivity index (χ1n) is 9.95. The number of hydrogen-bond donors (Lipinski definition) is 2. The lowest BCUT2D eigenvalue weighted by atomic mass is 10.0. The van der Waals surface area contributed by atoms with Gasteiger partial charge < -0.3 is 15.2 Å². The lowest BCUT2D eigenvalue weighted by molar-refractivity contribution is 0.408. The third-order valence-corrected chi connectivity index (χ3v) is 4.96. The maximum absolute atomic E-state index is 9.96. The highest BCUT2D eigenvalue weighted by atomic mass is 16.5. The van der Waals surface area contributed by atoms with Gasteiger partial charge in [-0.05, 0) is 72.0 Å². The maximum atomic E-state index is 9.96. The average Bonchev–Trinajstić information content (AvgIpc) is 2.75. The smallest absolute Gasteiger partial charge is 0.247 e. The summed E-state index contributed by atoms with van der Waals surface area (Å²) in [4.78, 5) is 4.66. The minimum atomic E-state index is 0.149. The molecule has 0 aliphatic carbocycles. The lowest BCUT2D eigenvalue weighted by Gasteiger charge is -2.10. The van der Waals surface area contributed by atoms with Gasteiger partial charge >= 0.3 is 0 Å². The summed E-state index contributed by atoms with van der Waals surface area (Å²) >= 11 is 0. The second-order valence-corrected chi connectivity index (χ2v) is 7.29. The van der Waals surface area contributed by atoms with Gasteiger partial charge in [-0.3, -0.25) is 0 Å². The van der Waals surface area contributed by atoms with E-state index < -0.39 is 0 Å². The fraction of sp³-hybridized carbons (Fsp3) is 0.208. The summed E-state index contributed by atoms with van der Waals surface area (Å²) in [6.45, 7) is 4.16. The van der Waals surface area contributed by atoms with E-state index in [9.17, 15) is 5.11 Å². The molecule has 2 N–H and O–H groups in total. The number of hydrogen-bond acceptors (Lipinski definition) is 6. The monoisotopic (exact) mass is 400 g/mol. The molecule has 4 aromatic rings. The van der Waals surface area contributed by atoms with Crippen LogP contribution in [0.4, 0.5) is 11.6 Å². The number of phenols is 1. The Morgan fingerprint density at radius 1 is 0.967 bits per heavy atom. The molecule has 3 aromatic carbocycles. The minimum absolute atomic E-state index is 0.149. The number of fused-ring (bicyclic) bond motifs is 1. The predicted octanol–water partition coefficient (Wildman–Crippen LogP) is 5.41. The molecule has 0 amide bonds. The van der Waals surface area contributed by atoms with Crippen molar-refractivity contribution in [1.29, 1.82) is 0 Å². The van der Waals surface area contributed by atoms with Gasteiger partial charge in [0.25, 0.3) is 0 Å². The van der Waals surface area contributed by atoms with Crippen molar-refractivity contribution in [3.8, 4) is 22.6 Å². The molecule has 0 saturated heterocycles. The van der Waals surface area contributed by atoms with Crippen LogP contribution >= 0.6 is 0 Å². The summed E-state index contributed by atoms with van der Waals surface area (Å²) < 4.78 is 5.26. The zero-order valence-corrected chi connectivity index (χ0v) is 17.3. The van der Waals surface area contributed by atoms with Gasteiger partial charge in [0.15, 0.2) is 0 Å². The summed E-state index contributed by atoms with van der Waals surface area (Å²) in [5.41, 5.74) is 6.44. The van der Waals surface area contributed by atoms with Gasteiger partial charge in [0.2, 0.25) is 5.95 Å². The van der Waals surface area contributed by atoms with Gasteiger partial charge in [0.1, 0.15) is 17.0 Å². The molecular weight excluding hydrogens is 376 g/mol. The SMILES string of the molecule is CCCc1ccc(Nc2nnc3cc(-c4cc(O)cc(OC)c4)cc(C)c3n2)cc1. The Labute approximate surface area is 175 Å². The Bertz CT molecular complexity index is 1190. The van der Waals surface area contributed by atoms with E-state index in [4.69, 9.17) is 4.74 Å². The summed E-state index contributed by atoms with van der Waals surface area (Å²) in [5, 5.41) is 21.8. The van der Waals surface area contributed by atoms with Crippen LogP contribution in [0.2, 0.25) is 0 Å². The summed E-state index contributed by atoms with van der Waals surface area (Å²) in [6, 6.07) is 17.4. The minimum Gasteiger partial charge on any atom is -0.508 e. The van der Waals surface area contributed by atoms with Gasteiger partial charge in [-0.1, -0.05) is 25.5 Å². The lowest BCUT2D eigenvalue weighted by Crippen LogP contribution is -2.01. The Balaban J connectivity index is 1.65. The molecule has 0 aliphatic heterocycles. The molecule has 0 bridgehead atoms. The molecule has 4 rings (SSSR count). The van der Waals surface area contributed by atoms with Crippen molar-refractivity contribution in [2.24, 2.45) is 0 Å². The van der Waals surface area contributed by atoms with E-state index in [1.807, 2.05) is 37.3 Å². The van der Waals surface area contributed by atoms with Gasteiger partial charge in [0, 0.05) is 11.8 Å². The van der Waals surface area contributed by atoms with Crippen LogP contribution in [-0.4, -0.2) is 27.4 Å². The van der Waals surface area contributed by atoms with E-state index in [0.29, 0.717) is 17.2 Å². The molecule has 1 aromatic heterocycles. The molecule has 6 heteroatoms. The highest BCUT2D eigenvalue weighted by molar-refractivity contribution is 5.85. The van der Waals surface area contributed by atoms with Gasteiger partial charge in [0.05, 0.1) is 12.6 Å². The average molecular weight is 400 g/mol. The van der Waals surface area contributed by atoms with E-state index in [1.54, 1.807) is 19.2 Å². The number of aryl methyl sites for hydroxylation is 2. The zero-order valence-electron chi connectivity index (χ0n) is 17.3. The molecule has 0 atom stereocenters. The summed E-state index contributed by atoms with van der Waals surface area (Å²) in [5.74, 6) is 1.20. The van der Waals surface area contributed by atoms with Crippen LogP contribution < -0.4 is 10.1 Å². The normalized spacial score (nSPS) is 10.9. The van der Waals surface area contributed by atoms with E-state index in [-0.39, 0.29) is 5.75 Å². The highest BCUT2D eigenvalue weighted by Crippen LogP contribution is 2.31. The third kappa shape index (κ3) is 4.17. The maximum Gasteiger partial charge on any atom is 0.247 e. The Morgan fingerprint density at radius 2 is 1.73 bits per heavy atom. The first-order valence-corrected chi connectivity index (χ1v) is 9.95. The van der Waals surface area contributed by atoms with Crippen LogP contribution in [0.5, 0.6) is 11.5 Å². The number of nitrogens with zero attached hydrogens (tertiary/aromatic N) is 3. The second kappa shape index (κ2) is 8.37. The number of aromatic hydroxyl groups is 1. The second-order valence-electron chi connectivity index (χ2n) is 7.29. The van der Waals surface area contributed by atoms with Crippen LogP contribution in [0.25, 0.3) is 22.2 Å². The molecule has 152 valence electrons. The van der Waals surface area contributed by atoms with Gasteiger partial charge in [-0.2, -0.15) is 0 Å². The third-order valence-electron chi connectivity index (χ3n) is 4.96. The van der Waals surface area contributed by atoms with Crippen molar-refractivity contribution in [3.63, 3.8) is 0 Å². The van der Waals surface area contributed by atoms with Crippen molar-refractivity contribution in [2.75, 3.05) is 12.4 Å². The molecule has 0 radical (unpaired) electrons. The Kier molecular flexibility index (Phi) is 5.48. The van der Waals surface area contributed by atoms with Gasteiger partial charge in [-0.15, -0.1) is 10.2 Å². The molecule has 30 heavy (non-hydrogen) atoms. The summed E-state index contributed by atoms with van der Waals surface area (Å²) in [7, 11) is 1.57. The quantitative estimate of drug-likeness (QED) is 0.450. The molecular formula is C24H24N4O2. The van der Waals surface area contributed by atoms with Crippen LogP contribution in [-0.2, 0) is 6.42 Å². The number of ether oxygens (including phenoxy) is 1. The molecule has 6 nitrogen and oxygen atoms in total. The number of benzene rings is 3. The fourth-order valence-corrected chi connectivity index (χ4v) is 3.47. The van der Waals surface area contributed by atoms with Crippen LogP contribution in [0.3, 0.4) is 0 Å². The highest BCUT2D eigenvalue weighted by Gasteiger charge is 2.10. The number of nitrogens with one attached hydrogen (secondary N) is 1. The summed E-state index contributed by atoms with van der Waals surface area (Å²) in [6.07, 6.45) is 2.20. The van der Waals surface area contributed by atoms with Crippen molar-refractivity contribution in [2.45, 2.75) is 26.7 Å². The topological polar surface area (TPSA) is 80.2 Å². The van der Waals surface area contributed by atoms with E-state index in [1.165, 1.54) is 5.56 Å². The van der Waals surface area contributed by atoms with Crippen molar-refractivity contribution >= 4 is 22.7 Å². The first-order chi connectivity index (χ1) is 14.6. The standard InChI is InChI=1S/C24H24N4O2/c1-4-5-16-6-8-19(9-7-16)25-24-26-23-15(2)10-17(13-22(23)27-28-24)18-11-20(29)14-21(12-18)30-3/h6-14,29H,4-5H2,1-3H3,(H,25,26,28). The van der Waals surface area contributed by atoms with Crippen molar-refractivity contribution in [3.05, 3.63) is 65.7 Å². The van der Waals surface area contributed by atoms with E-state index in [2.05, 4.69) is 39.6 Å². The Hall–Kier alpha value is -3.67. The Morgan fingerprint density at radius 3 is 2.47 bits per heavy atom. The molecule has 0 aliphatic rings. The molecule has 0 spiro atoms. The largest absolute Gasteiger partial charge is 0.508 e. The zero-order chi connectivity index (χ0) is 21.1.